The molecular weight excluding hydrogens is 338 g/mol. The van der Waals surface area contributed by atoms with Crippen LogP contribution in [0.15, 0.2) is 0 Å². The molecule has 11 heavy (non-hydrogen) atoms. The summed E-state index contributed by atoms with van der Waals surface area (Å²) >= 11 is 0. The van der Waals surface area contributed by atoms with Crippen molar-refractivity contribution in [2.24, 2.45) is 0 Å². The fourth-order valence-corrected chi connectivity index (χ4v) is 1.13. The second-order valence-electron chi connectivity index (χ2n) is 1.86. The Bertz CT molecular complexity index is 202. The molecule has 0 rings (SSSR count). The topological polar surface area (TPSA) is 63.2 Å². The molecule has 0 radical (unpaired) electrons. The molecular formula is C5H10NO3SW-. The summed E-state index contributed by atoms with van der Waals surface area (Å²) in [6.07, 6.45) is 1.52. The maximum Gasteiger partial charge on any atom is 0.209 e. The van der Waals surface area contributed by atoms with Gasteiger partial charge < -0.3 is 4.79 Å². The van der Waals surface area contributed by atoms with Crippen LogP contribution in [0.5, 0.6) is 0 Å². The van der Waals surface area contributed by atoms with Gasteiger partial charge in [0.15, 0.2) is 0 Å². The van der Waals surface area contributed by atoms with Gasteiger partial charge in [0.1, 0.15) is 0 Å². The van der Waals surface area contributed by atoms with E-state index in [1.165, 1.54) is 20.1 Å². The summed E-state index contributed by atoms with van der Waals surface area (Å²) in [5.74, 6) is -0.0149. The molecule has 0 aliphatic heterocycles. The fraction of sp³-hybridized carbons (Fsp3) is 0.800. The molecule has 6 heteroatoms. The second kappa shape index (κ2) is 5.86. The first kappa shape index (κ1) is 13.8. The van der Waals surface area contributed by atoms with Crippen molar-refractivity contribution in [1.29, 1.82) is 0 Å². The van der Waals surface area contributed by atoms with Crippen molar-refractivity contribution in [3.63, 3.8) is 0 Å². The summed E-state index contributed by atoms with van der Waals surface area (Å²) in [7, 11) is -3.24. The number of hydrogen-bond acceptors (Lipinski definition) is 3. The molecule has 1 N–H and O–H groups in total. The molecule has 0 bridgehead atoms. The van der Waals surface area contributed by atoms with E-state index < -0.39 is 16.1 Å². The zero-order chi connectivity index (χ0) is 8.20. The van der Waals surface area contributed by atoms with E-state index in [0.29, 0.717) is 0 Å². The van der Waals surface area contributed by atoms with Crippen molar-refractivity contribution < 1.29 is 34.3 Å². The first-order chi connectivity index (χ1) is 4.52. The van der Waals surface area contributed by atoms with E-state index in [-0.39, 0.29) is 26.8 Å². The van der Waals surface area contributed by atoms with Gasteiger partial charge in [-0.15, -0.1) is 0 Å². The molecule has 1 unspecified atom stereocenters. The molecule has 1 atom stereocenters. The Labute approximate surface area is 81.1 Å². The van der Waals surface area contributed by atoms with Gasteiger partial charge in [0.05, 0.1) is 5.75 Å². The van der Waals surface area contributed by atoms with E-state index in [2.05, 4.69) is 4.72 Å². The van der Waals surface area contributed by atoms with Crippen molar-refractivity contribution in [3.8, 4) is 0 Å². The fourth-order valence-electron chi connectivity index (χ4n) is 0.377. The first-order valence-corrected chi connectivity index (χ1v) is 4.54. The third-order valence-electron chi connectivity index (χ3n) is 0.913. The Morgan fingerprint density at radius 1 is 1.55 bits per heavy atom. The summed E-state index contributed by atoms with van der Waals surface area (Å²) in [4.78, 5) is 9.85. The average Bonchev–Trinajstić information content (AvgIpc) is 1.87. The Kier molecular flexibility index (Phi) is 7.37. The van der Waals surface area contributed by atoms with Gasteiger partial charge in [0.2, 0.25) is 10.0 Å². The van der Waals surface area contributed by atoms with Gasteiger partial charge in [-0.3, -0.25) is 0 Å². The van der Waals surface area contributed by atoms with Gasteiger partial charge in [-0.05, 0) is 6.92 Å². The van der Waals surface area contributed by atoms with Crippen LogP contribution >= 0.6 is 0 Å². The Hall–Kier alpha value is 0.268. The zero-order valence-electron chi connectivity index (χ0n) is 6.33. The monoisotopic (exact) mass is 348 g/mol. The van der Waals surface area contributed by atoms with E-state index >= 15 is 0 Å². The van der Waals surface area contributed by atoms with Crippen molar-refractivity contribution in [3.05, 3.63) is 0 Å². The van der Waals surface area contributed by atoms with Crippen molar-refractivity contribution in [2.45, 2.75) is 19.9 Å². The van der Waals surface area contributed by atoms with Crippen LogP contribution in [0.25, 0.3) is 0 Å². The number of carbonyl (C=O) groups excluding carboxylic acids is 1. The molecule has 0 spiro atoms. The third-order valence-corrected chi connectivity index (χ3v) is 2.39. The molecule has 0 fully saturated rings. The predicted octanol–water partition coefficient (Wildman–Crippen LogP) is -0.579. The molecule has 4 nitrogen and oxygen atoms in total. The SMILES string of the molecule is CCS(=O)(=O)NC(C)[C-]=O.[W]. The second-order valence-corrected chi connectivity index (χ2v) is 3.90. The summed E-state index contributed by atoms with van der Waals surface area (Å²) in [6, 6.07) is -0.745. The van der Waals surface area contributed by atoms with Gasteiger partial charge in [0, 0.05) is 21.1 Å². The van der Waals surface area contributed by atoms with Gasteiger partial charge in [-0.25, -0.2) is 19.4 Å². The minimum Gasteiger partial charge on any atom is -0.540 e. The van der Waals surface area contributed by atoms with Crippen LogP contribution < -0.4 is 4.72 Å². The van der Waals surface area contributed by atoms with E-state index in [0.717, 1.165) is 0 Å². The summed E-state index contributed by atoms with van der Waals surface area (Å²) in [5.41, 5.74) is 0. The van der Waals surface area contributed by atoms with Crippen LogP contribution in [0.3, 0.4) is 0 Å². The average molecular weight is 348 g/mol. The van der Waals surface area contributed by atoms with E-state index in [1.807, 2.05) is 0 Å². The normalized spacial score (nSPS) is 13.3. The summed E-state index contributed by atoms with van der Waals surface area (Å²) in [5, 5.41) is 0. The maximum absolute atomic E-state index is 10.7. The Balaban J connectivity index is 0. The van der Waals surface area contributed by atoms with Crippen LogP contribution in [0.4, 0.5) is 0 Å². The van der Waals surface area contributed by atoms with E-state index in [9.17, 15) is 13.2 Å². The Morgan fingerprint density at radius 2 is 2.00 bits per heavy atom. The molecule has 0 aliphatic carbocycles. The number of nitrogens with one attached hydrogen (secondary N) is 1. The molecule has 0 aliphatic rings. The number of hydrogen-bond donors (Lipinski definition) is 1. The minimum atomic E-state index is -3.24. The van der Waals surface area contributed by atoms with Gasteiger partial charge in [0.25, 0.3) is 0 Å². The van der Waals surface area contributed by atoms with Crippen LogP contribution in [-0.4, -0.2) is 26.5 Å². The standard InChI is InChI=1S/C5H10NO3S.W/c1-3-10(8,9)6-5(2)4-7;/h5-6H,3H2,1-2H3;/q-1;. The molecule has 0 saturated heterocycles. The number of rotatable bonds is 4. The van der Waals surface area contributed by atoms with Crippen LogP contribution in [0.2, 0.25) is 0 Å². The summed E-state index contributed by atoms with van der Waals surface area (Å²) in [6.45, 7) is 2.93. The van der Waals surface area contributed by atoms with Crippen molar-refractivity contribution >= 4 is 16.3 Å². The minimum absolute atomic E-state index is 0. The molecule has 0 aromatic rings. The van der Waals surface area contributed by atoms with Gasteiger partial charge >= 0.3 is 0 Å². The molecule has 0 aromatic heterocycles. The predicted molar refractivity (Wildman–Crippen MR) is 37.8 cm³/mol. The summed E-state index contributed by atoms with van der Waals surface area (Å²) < 4.78 is 23.5. The largest absolute Gasteiger partial charge is 0.540 e. The van der Waals surface area contributed by atoms with Crippen molar-refractivity contribution in [2.75, 3.05) is 5.75 Å². The smallest absolute Gasteiger partial charge is 0.209 e. The Morgan fingerprint density at radius 3 is 2.27 bits per heavy atom. The molecule has 0 amide bonds. The third kappa shape index (κ3) is 6.66. The molecule has 66 valence electrons. The van der Waals surface area contributed by atoms with Crippen LogP contribution in [0.1, 0.15) is 13.8 Å². The van der Waals surface area contributed by atoms with E-state index in [1.54, 1.807) is 0 Å². The van der Waals surface area contributed by atoms with Crippen LogP contribution in [0, 0.1) is 0 Å². The zero-order valence-corrected chi connectivity index (χ0v) is 10.1. The van der Waals surface area contributed by atoms with Gasteiger partial charge in [-0.2, -0.15) is 0 Å². The number of sulfonamides is 1. The van der Waals surface area contributed by atoms with Crippen LogP contribution in [-0.2, 0) is 35.9 Å². The maximum atomic E-state index is 10.7. The van der Waals surface area contributed by atoms with Crippen molar-refractivity contribution in [1.82, 2.24) is 4.72 Å². The molecule has 0 saturated carbocycles. The van der Waals surface area contributed by atoms with E-state index in [4.69, 9.17) is 0 Å². The van der Waals surface area contributed by atoms with Gasteiger partial charge in [-0.1, -0.05) is 13.0 Å². The molecule has 0 aromatic carbocycles. The quantitative estimate of drug-likeness (QED) is 0.692. The molecule has 0 heterocycles. The first-order valence-electron chi connectivity index (χ1n) is 2.89.